The van der Waals surface area contributed by atoms with Crippen LogP contribution in [0.15, 0.2) is 12.3 Å². The van der Waals surface area contributed by atoms with Crippen LogP contribution in [0.25, 0.3) is 0 Å². The molecule has 1 unspecified atom stereocenters. The highest BCUT2D eigenvalue weighted by atomic mass is 35.5. The fourth-order valence-corrected chi connectivity index (χ4v) is 2.14. The van der Waals surface area contributed by atoms with Gasteiger partial charge in [-0.15, -0.1) is 11.6 Å². The van der Waals surface area contributed by atoms with Gasteiger partial charge in [0.15, 0.2) is 0 Å². The van der Waals surface area contributed by atoms with Crippen molar-refractivity contribution in [2.45, 2.75) is 45.3 Å². The average molecular weight is 274 g/mol. The van der Waals surface area contributed by atoms with Gasteiger partial charge in [0.2, 0.25) is 0 Å². The molecule has 1 aromatic rings. The summed E-state index contributed by atoms with van der Waals surface area (Å²) in [5.74, 6) is 0.543. The lowest BCUT2D eigenvalue weighted by Crippen LogP contribution is -2.34. The van der Waals surface area contributed by atoms with Gasteiger partial charge in [-0.25, -0.2) is 0 Å². The molecule has 104 valence electrons. The first-order valence-electron chi connectivity index (χ1n) is 6.57. The zero-order valence-electron chi connectivity index (χ0n) is 11.5. The highest BCUT2D eigenvalue weighted by Crippen LogP contribution is 2.14. The Morgan fingerprint density at radius 1 is 1.44 bits per heavy atom. The lowest BCUT2D eigenvalue weighted by atomic mass is 10.2. The molecule has 18 heavy (non-hydrogen) atoms. The molecule has 0 bridgehead atoms. The van der Waals surface area contributed by atoms with E-state index in [4.69, 9.17) is 16.3 Å². The van der Waals surface area contributed by atoms with Crippen molar-refractivity contribution >= 4 is 11.6 Å². The molecule has 0 saturated heterocycles. The zero-order chi connectivity index (χ0) is 13.4. The number of halogens is 1. The third kappa shape index (κ3) is 4.59. The topological polar surface area (TPSA) is 39.1 Å². The summed E-state index contributed by atoms with van der Waals surface area (Å²) < 4.78 is 7.15. The van der Waals surface area contributed by atoms with Gasteiger partial charge in [-0.05, 0) is 18.9 Å². The van der Waals surface area contributed by atoms with Crippen LogP contribution in [0.3, 0.4) is 0 Å². The van der Waals surface area contributed by atoms with Crippen LogP contribution in [0.5, 0.6) is 0 Å². The van der Waals surface area contributed by atoms with E-state index in [1.54, 1.807) is 7.11 Å². The molecule has 0 saturated carbocycles. The molecule has 0 fully saturated rings. The predicted molar refractivity (Wildman–Crippen MR) is 75.1 cm³/mol. The smallest absolute Gasteiger partial charge is 0.0762 e. The molecule has 5 heteroatoms. The maximum absolute atomic E-state index is 5.84. The van der Waals surface area contributed by atoms with Gasteiger partial charge in [0.05, 0.1) is 18.3 Å². The van der Waals surface area contributed by atoms with E-state index in [9.17, 15) is 0 Å². The van der Waals surface area contributed by atoms with Crippen molar-refractivity contribution in [2.75, 3.05) is 19.6 Å². The Labute approximate surface area is 115 Å². The van der Waals surface area contributed by atoms with Gasteiger partial charge < -0.3 is 10.1 Å². The molecular formula is C13H24ClN3O. The summed E-state index contributed by atoms with van der Waals surface area (Å²) in [7, 11) is 1.68. The predicted octanol–water partition coefficient (Wildman–Crippen LogP) is 2.59. The summed E-state index contributed by atoms with van der Waals surface area (Å²) in [6, 6.07) is 2.74. The number of ether oxygens (including phenoxy) is 1. The van der Waals surface area contributed by atoms with Crippen molar-refractivity contribution < 1.29 is 4.74 Å². The largest absolute Gasteiger partial charge is 0.383 e. The van der Waals surface area contributed by atoms with Crippen LogP contribution in [0.2, 0.25) is 0 Å². The molecule has 1 N–H and O–H groups in total. The molecule has 0 aliphatic carbocycles. The standard InChI is InChI=1S/C13H24ClN3O/c1-4-13(5-2)17-7-6-11(16-17)9-15-12(8-14)10-18-3/h6-7,12-13,15H,4-5,8-10H2,1-3H3. The lowest BCUT2D eigenvalue weighted by Gasteiger charge is -2.14. The molecule has 0 aliphatic rings. The minimum Gasteiger partial charge on any atom is -0.383 e. The van der Waals surface area contributed by atoms with Crippen LogP contribution in [0, 0.1) is 0 Å². The van der Waals surface area contributed by atoms with E-state index in [2.05, 4.69) is 41.2 Å². The Kier molecular flexibility index (Phi) is 7.32. The Morgan fingerprint density at radius 2 is 2.17 bits per heavy atom. The molecular weight excluding hydrogens is 250 g/mol. The van der Waals surface area contributed by atoms with Crippen LogP contribution in [0.1, 0.15) is 38.4 Å². The Balaban J connectivity index is 2.48. The van der Waals surface area contributed by atoms with Crippen molar-refractivity contribution in [1.29, 1.82) is 0 Å². The first-order valence-corrected chi connectivity index (χ1v) is 7.10. The molecule has 1 heterocycles. The number of nitrogens with zero attached hydrogens (tertiary/aromatic N) is 2. The maximum Gasteiger partial charge on any atom is 0.0762 e. The van der Waals surface area contributed by atoms with E-state index in [0.29, 0.717) is 18.5 Å². The van der Waals surface area contributed by atoms with Gasteiger partial charge in [-0.1, -0.05) is 13.8 Å². The highest BCUT2D eigenvalue weighted by Gasteiger charge is 2.10. The molecule has 4 nitrogen and oxygen atoms in total. The minimum atomic E-state index is 0.176. The van der Waals surface area contributed by atoms with Crippen molar-refractivity contribution in [2.24, 2.45) is 0 Å². The molecule has 0 radical (unpaired) electrons. The summed E-state index contributed by atoms with van der Waals surface area (Å²) in [4.78, 5) is 0. The molecule has 1 atom stereocenters. The van der Waals surface area contributed by atoms with Gasteiger partial charge in [-0.3, -0.25) is 4.68 Å². The Hall–Kier alpha value is -0.580. The van der Waals surface area contributed by atoms with Crippen LogP contribution in [-0.4, -0.2) is 35.4 Å². The second-order valence-electron chi connectivity index (χ2n) is 4.44. The van der Waals surface area contributed by atoms with Crippen LogP contribution in [0.4, 0.5) is 0 Å². The van der Waals surface area contributed by atoms with Crippen LogP contribution >= 0.6 is 11.6 Å². The second-order valence-corrected chi connectivity index (χ2v) is 4.75. The summed E-state index contributed by atoms with van der Waals surface area (Å²) >= 11 is 5.84. The summed E-state index contributed by atoms with van der Waals surface area (Å²) in [5, 5.41) is 7.93. The fraction of sp³-hybridized carbons (Fsp3) is 0.769. The van der Waals surface area contributed by atoms with E-state index in [0.717, 1.165) is 25.1 Å². The molecule has 1 aromatic heterocycles. The van der Waals surface area contributed by atoms with E-state index < -0.39 is 0 Å². The second kappa shape index (κ2) is 8.51. The van der Waals surface area contributed by atoms with Gasteiger partial charge in [0, 0.05) is 31.8 Å². The van der Waals surface area contributed by atoms with Gasteiger partial charge in [0.1, 0.15) is 0 Å². The Morgan fingerprint density at radius 3 is 2.72 bits per heavy atom. The van der Waals surface area contributed by atoms with Crippen LogP contribution in [-0.2, 0) is 11.3 Å². The monoisotopic (exact) mass is 273 g/mol. The fourth-order valence-electron chi connectivity index (χ4n) is 1.95. The first kappa shape index (κ1) is 15.5. The minimum absolute atomic E-state index is 0.176. The number of hydrogen-bond donors (Lipinski definition) is 1. The number of rotatable bonds is 9. The molecule has 0 aliphatic heterocycles. The van der Waals surface area contributed by atoms with Gasteiger partial charge in [-0.2, -0.15) is 5.10 Å². The number of hydrogen-bond acceptors (Lipinski definition) is 3. The van der Waals surface area contributed by atoms with Gasteiger partial charge >= 0.3 is 0 Å². The normalized spacial score (nSPS) is 13.2. The third-order valence-corrected chi connectivity index (χ3v) is 3.48. The Bertz CT molecular complexity index is 326. The van der Waals surface area contributed by atoms with Crippen LogP contribution < -0.4 is 5.32 Å². The molecule has 0 spiro atoms. The summed E-state index contributed by atoms with van der Waals surface area (Å²) in [6.45, 7) is 5.73. The highest BCUT2D eigenvalue weighted by molar-refractivity contribution is 6.18. The van der Waals surface area contributed by atoms with Crippen molar-refractivity contribution in [3.05, 3.63) is 18.0 Å². The van der Waals surface area contributed by atoms with Crippen molar-refractivity contribution in [3.8, 4) is 0 Å². The molecule has 0 amide bonds. The van der Waals surface area contributed by atoms with E-state index in [1.165, 1.54) is 0 Å². The molecule has 0 aromatic carbocycles. The lowest BCUT2D eigenvalue weighted by molar-refractivity contribution is 0.172. The van der Waals surface area contributed by atoms with Crippen molar-refractivity contribution in [1.82, 2.24) is 15.1 Å². The number of methoxy groups -OCH3 is 1. The third-order valence-electron chi connectivity index (χ3n) is 3.11. The molecule has 1 rings (SSSR count). The maximum atomic E-state index is 5.84. The number of alkyl halides is 1. The van der Waals surface area contributed by atoms with E-state index >= 15 is 0 Å². The summed E-state index contributed by atoms with van der Waals surface area (Å²) in [5.41, 5.74) is 1.05. The van der Waals surface area contributed by atoms with E-state index in [1.807, 2.05) is 0 Å². The SMILES string of the molecule is CCC(CC)n1ccc(CNC(CCl)COC)n1. The van der Waals surface area contributed by atoms with Gasteiger partial charge in [0.25, 0.3) is 0 Å². The number of nitrogens with one attached hydrogen (secondary N) is 1. The first-order chi connectivity index (χ1) is 8.74. The summed E-state index contributed by atoms with van der Waals surface area (Å²) in [6.07, 6.45) is 4.28. The van der Waals surface area contributed by atoms with E-state index in [-0.39, 0.29) is 6.04 Å². The quantitative estimate of drug-likeness (QED) is 0.703. The zero-order valence-corrected chi connectivity index (χ0v) is 12.3. The number of aromatic nitrogens is 2. The average Bonchev–Trinajstić information content (AvgIpc) is 2.85. The van der Waals surface area contributed by atoms with Crippen molar-refractivity contribution in [3.63, 3.8) is 0 Å².